The molecule has 1 amide bonds. The molecule has 2 rings (SSSR count). The summed E-state index contributed by atoms with van der Waals surface area (Å²) in [6, 6.07) is 7.41. The molecule has 0 bridgehead atoms. The van der Waals surface area contributed by atoms with E-state index in [1.54, 1.807) is 12.0 Å². The molecule has 0 aliphatic carbocycles. The molecule has 1 aromatic carbocycles. The van der Waals surface area contributed by atoms with Crippen LogP contribution in [0.25, 0.3) is 0 Å². The fourth-order valence-electron chi connectivity index (χ4n) is 2.58. The van der Waals surface area contributed by atoms with Gasteiger partial charge in [-0.25, -0.2) is 0 Å². The molecule has 1 atom stereocenters. The van der Waals surface area contributed by atoms with Crippen LogP contribution in [0.5, 0.6) is 5.75 Å². The number of anilines is 1. The monoisotopic (exact) mass is 275 g/mol. The van der Waals surface area contributed by atoms with Crippen LogP contribution in [0.1, 0.15) is 26.7 Å². The zero-order valence-electron chi connectivity index (χ0n) is 12.3. The second-order valence-electron chi connectivity index (χ2n) is 5.44. The fourth-order valence-corrected chi connectivity index (χ4v) is 2.58. The largest absolute Gasteiger partial charge is 0.497 e. The highest BCUT2D eigenvalue weighted by molar-refractivity contribution is 6.09. The van der Waals surface area contributed by atoms with Crippen LogP contribution in [-0.4, -0.2) is 25.3 Å². The van der Waals surface area contributed by atoms with Crippen molar-refractivity contribution < 1.29 is 14.3 Å². The molecule has 20 heavy (non-hydrogen) atoms. The molecule has 4 nitrogen and oxygen atoms in total. The number of carbonyl (C=O) groups is 2. The molecule has 0 unspecified atom stereocenters. The van der Waals surface area contributed by atoms with Crippen LogP contribution in [0, 0.1) is 11.8 Å². The van der Waals surface area contributed by atoms with E-state index in [0.29, 0.717) is 18.7 Å². The Bertz CT molecular complexity index is 510. The first-order valence-corrected chi connectivity index (χ1v) is 7.03. The van der Waals surface area contributed by atoms with Gasteiger partial charge >= 0.3 is 0 Å². The zero-order valence-corrected chi connectivity index (χ0v) is 12.3. The van der Waals surface area contributed by atoms with Crippen molar-refractivity contribution in [3.05, 3.63) is 24.3 Å². The van der Waals surface area contributed by atoms with Gasteiger partial charge in [0, 0.05) is 24.2 Å². The van der Waals surface area contributed by atoms with Gasteiger partial charge in [0.25, 0.3) is 0 Å². The zero-order chi connectivity index (χ0) is 14.7. The quantitative estimate of drug-likeness (QED) is 0.794. The minimum Gasteiger partial charge on any atom is -0.497 e. The summed E-state index contributed by atoms with van der Waals surface area (Å²) in [5, 5.41) is 0. The molecule has 1 aromatic rings. The minimum atomic E-state index is -0.491. The first-order valence-electron chi connectivity index (χ1n) is 7.03. The van der Waals surface area contributed by atoms with E-state index in [4.69, 9.17) is 4.74 Å². The maximum absolute atomic E-state index is 12.5. The summed E-state index contributed by atoms with van der Waals surface area (Å²) in [5.41, 5.74) is 0.801. The van der Waals surface area contributed by atoms with E-state index in [1.807, 2.05) is 38.1 Å². The Morgan fingerprint density at radius 3 is 2.80 bits per heavy atom. The van der Waals surface area contributed by atoms with Crippen molar-refractivity contribution in [3.63, 3.8) is 0 Å². The molecule has 0 radical (unpaired) electrons. The van der Waals surface area contributed by atoms with E-state index in [-0.39, 0.29) is 17.6 Å². The minimum absolute atomic E-state index is 0.0441. The molecular formula is C16H21NO3. The van der Waals surface area contributed by atoms with Crippen molar-refractivity contribution in [1.82, 2.24) is 0 Å². The van der Waals surface area contributed by atoms with Gasteiger partial charge in [0.2, 0.25) is 5.91 Å². The number of hydrogen-bond donors (Lipinski definition) is 0. The second kappa shape index (κ2) is 6.07. The lowest BCUT2D eigenvalue weighted by molar-refractivity contribution is -0.135. The number of nitrogens with zero attached hydrogens (tertiary/aromatic N) is 1. The van der Waals surface area contributed by atoms with Crippen molar-refractivity contribution in [3.8, 4) is 5.75 Å². The predicted octanol–water partition coefficient (Wildman–Crippen LogP) is 2.66. The first-order chi connectivity index (χ1) is 9.54. The number of benzene rings is 1. The third kappa shape index (κ3) is 2.84. The van der Waals surface area contributed by atoms with Crippen LogP contribution >= 0.6 is 0 Å². The summed E-state index contributed by atoms with van der Waals surface area (Å²) in [6.45, 7) is 4.36. The smallest absolute Gasteiger partial charge is 0.237 e. The van der Waals surface area contributed by atoms with Gasteiger partial charge in [0.1, 0.15) is 11.5 Å². The molecule has 108 valence electrons. The third-order valence-corrected chi connectivity index (χ3v) is 3.72. The summed E-state index contributed by atoms with van der Waals surface area (Å²) in [5.74, 6) is 0.0857. The fraction of sp³-hybridized carbons (Fsp3) is 0.500. The van der Waals surface area contributed by atoms with Gasteiger partial charge in [-0.05, 0) is 25.0 Å². The van der Waals surface area contributed by atoms with E-state index in [1.165, 1.54) is 0 Å². The molecule has 4 heteroatoms. The molecule has 0 saturated carbocycles. The molecule has 0 spiro atoms. The lowest BCUT2D eigenvalue weighted by atomic mass is 9.87. The van der Waals surface area contributed by atoms with Gasteiger partial charge in [-0.2, -0.15) is 0 Å². The molecule has 0 N–H and O–H groups in total. The average Bonchev–Trinajstić information content (AvgIpc) is 2.46. The molecule has 0 aromatic heterocycles. The van der Waals surface area contributed by atoms with Gasteiger partial charge < -0.3 is 9.64 Å². The average molecular weight is 275 g/mol. The number of piperidine rings is 1. The summed E-state index contributed by atoms with van der Waals surface area (Å²) < 4.78 is 5.19. The van der Waals surface area contributed by atoms with Crippen LogP contribution in [-0.2, 0) is 9.59 Å². The number of ketones is 1. The Morgan fingerprint density at radius 2 is 2.15 bits per heavy atom. The van der Waals surface area contributed by atoms with E-state index in [0.717, 1.165) is 12.1 Å². The number of rotatable bonds is 4. The van der Waals surface area contributed by atoms with Crippen LogP contribution in [0.3, 0.4) is 0 Å². The molecule has 1 aliphatic rings. The lowest BCUT2D eigenvalue weighted by Gasteiger charge is -2.32. The number of amides is 1. The Morgan fingerprint density at radius 1 is 1.40 bits per heavy atom. The third-order valence-electron chi connectivity index (χ3n) is 3.72. The Kier molecular flexibility index (Phi) is 4.42. The van der Waals surface area contributed by atoms with Gasteiger partial charge in [0.05, 0.1) is 13.0 Å². The van der Waals surface area contributed by atoms with Crippen molar-refractivity contribution in [1.29, 1.82) is 0 Å². The Balaban J connectivity index is 2.23. The molecule has 1 aliphatic heterocycles. The second-order valence-corrected chi connectivity index (χ2v) is 5.44. The van der Waals surface area contributed by atoms with Crippen LogP contribution in [0.2, 0.25) is 0 Å². The summed E-state index contributed by atoms with van der Waals surface area (Å²) in [6.07, 6.45) is 1.52. The van der Waals surface area contributed by atoms with Crippen LogP contribution in [0.4, 0.5) is 5.69 Å². The van der Waals surface area contributed by atoms with Gasteiger partial charge in [-0.1, -0.05) is 19.9 Å². The van der Waals surface area contributed by atoms with Crippen molar-refractivity contribution in [2.45, 2.75) is 26.7 Å². The van der Waals surface area contributed by atoms with Gasteiger partial charge in [0.15, 0.2) is 0 Å². The molecule has 1 fully saturated rings. The summed E-state index contributed by atoms with van der Waals surface area (Å²) >= 11 is 0. The summed E-state index contributed by atoms with van der Waals surface area (Å²) in [7, 11) is 1.60. The normalized spacial score (nSPS) is 19.3. The van der Waals surface area contributed by atoms with Crippen LogP contribution in [0.15, 0.2) is 24.3 Å². The van der Waals surface area contributed by atoms with Crippen molar-refractivity contribution >= 4 is 17.4 Å². The molecule has 1 saturated heterocycles. The highest BCUT2D eigenvalue weighted by Crippen LogP contribution is 2.28. The number of methoxy groups -OCH3 is 1. The van der Waals surface area contributed by atoms with E-state index in [2.05, 4.69) is 0 Å². The maximum Gasteiger partial charge on any atom is 0.237 e. The van der Waals surface area contributed by atoms with E-state index in [9.17, 15) is 9.59 Å². The van der Waals surface area contributed by atoms with Crippen molar-refractivity contribution in [2.75, 3.05) is 18.6 Å². The summed E-state index contributed by atoms with van der Waals surface area (Å²) in [4.78, 5) is 26.4. The number of Topliss-reactive ketones (excluding diaryl/α,β-unsaturated/α-hetero) is 1. The number of hydrogen-bond acceptors (Lipinski definition) is 3. The maximum atomic E-state index is 12.5. The predicted molar refractivity (Wildman–Crippen MR) is 77.9 cm³/mol. The van der Waals surface area contributed by atoms with Crippen molar-refractivity contribution in [2.24, 2.45) is 11.8 Å². The Labute approximate surface area is 119 Å². The highest BCUT2D eigenvalue weighted by atomic mass is 16.5. The van der Waals surface area contributed by atoms with Crippen LogP contribution < -0.4 is 9.64 Å². The standard InChI is InChI=1S/C16H21NO3/c1-11(2)15(18)14-8-5-9-17(16(14)19)12-6-4-7-13(10-12)20-3/h4,6-7,10-11,14H,5,8-9H2,1-3H3/t14-/m0/s1. The highest BCUT2D eigenvalue weighted by Gasteiger charge is 2.35. The number of ether oxygens (including phenoxy) is 1. The molecular weight excluding hydrogens is 254 g/mol. The van der Waals surface area contributed by atoms with E-state index < -0.39 is 5.92 Å². The first kappa shape index (κ1) is 14.6. The Hall–Kier alpha value is -1.84. The number of carbonyl (C=O) groups excluding carboxylic acids is 2. The SMILES string of the molecule is COc1cccc(N2CCC[C@@H](C(=O)C(C)C)C2=O)c1. The van der Waals surface area contributed by atoms with E-state index >= 15 is 0 Å². The van der Waals surface area contributed by atoms with Gasteiger partial charge in [-0.15, -0.1) is 0 Å². The van der Waals surface area contributed by atoms with Gasteiger partial charge in [-0.3, -0.25) is 9.59 Å². The molecule has 1 heterocycles. The topological polar surface area (TPSA) is 46.6 Å². The lowest BCUT2D eigenvalue weighted by Crippen LogP contribution is -2.45.